The fourth-order valence-electron chi connectivity index (χ4n) is 1.88. The van der Waals surface area contributed by atoms with E-state index >= 15 is 0 Å². The number of nitrogens with zero attached hydrogens (tertiary/aromatic N) is 1. The van der Waals surface area contributed by atoms with E-state index in [9.17, 15) is 9.59 Å². The number of morpholine rings is 1. The van der Waals surface area contributed by atoms with Gasteiger partial charge in [0.1, 0.15) is 12.1 Å². The van der Waals surface area contributed by atoms with Crippen LogP contribution in [0.2, 0.25) is 0 Å². The molecule has 2 rings (SSSR count). The normalized spacial score (nSPS) is 35.7. The Bertz CT molecular complexity index is 261. The van der Waals surface area contributed by atoms with E-state index in [0.29, 0.717) is 6.61 Å². The monoisotopic (exact) mass is 185 g/mol. The molecule has 5 heteroatoms. The average Bonchev–Trinajstić information content (AvgIpc) is 2.70. The lowest BCUT2D eigenvalue weighted by atomic mass is 10.2. The standard InChI is InChI=1S/C8H11NO4/c1-4(10)9-6-5(3-12-2)13-8(11)7(6)9/h5-7H,3H2,1-2H3/t5-,6+,7+,9?/m1/s1. The van der Waals surface area contributed by atoms with Gasteiger partial charge in [-0.2, -0.15) is 0 Å². The van der Waals surface area contributed by atoms with Crippen molar-refractivity contribution in [2.75, 3.05) is 13.7 Å². The number of esters is 1. The summed E-state index contributed by atoms with van der Waals surface area (Å²) in [5.74, 6) is -0.380. The zero-order chi connectivity index (χ0) is 9.59. The molecule has 0 saturated carbocycles. The van der Waals surface area contributed by atoms with Crippen LogP contribution in [-0.2, 0) is 19.1 Å². The first-order valence-electron chi connectivity index (χ1n) is 4.15. The molecule has 13 heavy (non-hydrogen) atoms. The van der Waals surface area contributed by atoms with Gasteiger partial charge in [-0.15, -0.1) is 0 Å². The van der Waals surface area contributed by atoms with Crippen LogP contribution in [0.5, 0.6) is 0 Å². The molecule has 0 aromatic rings. The molecule has 2 aliphatic rings. The summed E-state index contributed by atoms with van der Waals surface area (Å²) >= 11 is 0. The van der Waals surface area contributed by atoms with Crippen molar-refractivity contribution in [2.24, 2.45) is 0 Å². The SMILES string of the molecule is COC[C@H]1OC(=O)[C@@H]2[C@H]1N2C(C)=O. The van der Waals surface area contributed by atoms with Gasteiger partial charge >= 0.3 is 5.97 Å². The molecule has 2 aliphatic heterocycles. The Labute approximate surface area is 75.6 Å². The number of hydrogen-bond acceptors (Lipinski definition) is 4. The number of ether oxygens (including phenoxy) is 2. The van der Waals surface area contributed by atoms with E-state index in [1.165, 1.54) is 11.8 Å². The second-order valence-corrected chi connectivity index (χ2v) is 3.29. The highest BCUT2D eigenvalue weighted by Gasteiger charge is 2.65. The van der Waals surface area contributed by atoms with E-state index in [1.807, 2.05) is 0 Å². The predicted octanol–water partition coefficient (Wildman–Crippen LogP) is -0.843. The summed E-state index contributed by atoms with van der Waals surface area (Å²) in [6.07, 6.45) is -0.272. The molecular weight excluding hydrogens is 174 g/mol. The molecule has 72 valence electrons. The van der Waals surface area contributed by atoms with E-state index < -0.39 is 0 Å². The minimum Gasteiger partial charge on any atom is -0.456 e. The largest absolute Gasteiger partial charge is 0.456 e. The fraction of sp³-hybridized carbons (Fsp3) is 0.750. The summed E-state index contributed by atoms with van der Waals surface area (Å²) in [4.78, 5) is 23.7. The number of rotatable bonds is 2. The Morgan fingerprint density at radius 3 is 2.85 bits per heavy atom. The maximum atomic E-state index is 11.1. The third-order valence-electron chi connectivity index (χ3n) is 2.44. The summed E-state index contributed by atoms with van der Waals surface area (Å²) in [5.41, 5.74) is 0. The maximum Gasteiger partial charge on any atom is 0.331 e. The third-order valence-corrected chi connectivity index (χ3v) is 2.44. The summed E-state index contributed by atoms with van der Waals surface area (Å²) in [7, 11) is 1.54. The van der Waals surface area contributed by atoms with Crippen LogP contribution in [0.3, 0.4) is 0 Å². The number of fused-ring (bicyclic) bond motifs is 1. The van der Waals surface area contributed by atoms with Gasteiger partial charge in [-0.25, -0.2) is 4.79 Å². The molecule has 0 aromatic heterocycles. The van der Waals surface area contributed by atoms with Crippen LogP contribution in [0, 0.1) is 0 Å². The molecule has 2 saturated heterocycles. The van der Waals surface area contributed by atoms with Crippen molar-refractivity contribution in [1.82, 2.24) is 4.90 Å². The van der Waals surface area contributed by atoms with Crippen molar-refractivity contribution >= 4 is 11.9 Å². The molecule has 0 radical (unpaired) electrons. The zero-order valence-electron chi connectivity index (χ0n) is 7.52. The number of hydrogen-bond donors (Lipinski definition) is 0. The lowest BCUT2D eigenvalue weighted by Crippen LogP contribution is -2.30. The smallest absolute Gasteiger partial charge is 0.331 e. The number of carbonyl (C=O) groups excluding carboxylic acids is 2. The lowest BCUT2D eigenvalue weighted by molar-refractivity contribution is -0.151. The first kappa shape index (κ1) is 8.50. The second kappa shape index (κ2) is 2.70. The fourth-order valence-corrected chi connectivity index (χ4v) is 1.88. The molecule has 0 unspecified atom stereocenters. The van der Waals surface area contributed by atoms with E-state index in [4.69, 9.17) is 9.47 Å². The zero-order valence-corrected chi connectivity index (χ0v) is 7.52. The third kappa shape index (κ3) is 1.11. The highest BCUT2D eigenvalue weighted by atomic mass is 16.6. The molecule has 1 amide bonds. The molecule has 0 spiro atoms. The second-order valence-electron chi connectivity index (χ2n) is 3.29. The highest BCUT2D eigenvalue weighted by Crippen LogP contribution is 2.39. The van der Waals surface area contributed by atoms with Gasteiger partial charge in [-0.3, -0.25) is 4.79 Å². The maximum absolute atomic E-state index is 11.1. The molecule has 0 aliphatic carbocycles. The molecule has 0 bridgehead atoms. The summed E-state index contributed by atoms with van der Waals surface area (Å²) in [6, 6.07) is -0.414. The Hall–Kier alpha value is -1.10. The topological polar surface area (TPSA) is 55.6 Å². The molecule has 5 nitrogen and oxygen atoms in total. The molecule has 0 N–H and O–H groups in total. The van der Waals surface area contributed by atoms with Crippen LogP contribution in [0.4, 0.5) is 0 Å². The van der Waals surface area contributed by atoms with E-state index in [-0.39, 0.29) is 30.1 Å². The van der Waals surface area contributed by atoms with E-state index in [0.717, 1.165) is 0 Å². The predicted molar refractivity (Wildman–Crippen MR) is 41.9 cm³/mol. The summed E-state index contributed by atoms with van der Waals surface area (Å²) in [5, 5.41) is 0. The molecular formula is C8H11NO4. The van der Waals surface area contributed by atoms with Crippen molar-refractivity contribution < 1.29 is 19.1 Å². The number of carbonyl (C=O) groups is 2. The molecule has 2 heterocycles. The first-order valence-corrected chi connectivity index (χ1v) is 4.15. The van der Waals surface area contributed by atoms with Gasteiger partial charge in [0.25, 0.3) is 0 Å². The van der Waals surface area contributed by atoms with E-state index in [1.54, 1.807) is 7.11 Å². The van der Waals surface area contributed by atoms with Crippen LogP contribution in [0.15, 0.2) is 0 Å². The minimum absolute atomic E-state index is 0.0762. The van der Waals surface area contributed by atoms with Crippen molar-refractivity contribution in [3.63, 3.8) is 0 Å². The van der Waals surface area contributed by atoms with Gasteiger partial charge in [0.15, 0.2) is 6.04 Å². The van der Waals surface area contributed by atoms with Crippen LogP contribution in [0.25, 0.3) is 0 Å². The van der Waals surface area contributed by atoms with Gasteiger partial charge in [-0.05, 0) is 0 Å². The van der Waals surface area contributed by atoms with Gasteiger partial charge in [-0.1, -0.05) is 0 Å². The Balaban J connectivity index is 2.05. The first-order chi connectivity index (χ1) is 6.16. The Morgan fingerprint density at radius 2 is 2.38 bits per heavy atom. The van der Waals surface area contributed by atoms with E-state index in [2.05, 4.69) is 0 Å². The van der Waals surface area contributed by atoms with Gasteiger partial charge in [0.2, 0.25) is 5.91 Å². The van der Waals surface area contributed by atoms with Crippen LogP contribution in [-0.4, -0.2) is 48.7 Å². The van der Waals surface area contributed by atoms with Crippen LogP contribution >= 0.6 is 0 Å². The summed E-state index contributed by atoms with van der Waals surface area (Å²) < 4.78 is 9.87. The highest BCUT2D eigenvalue weighted by molar-refractivity contribution is 5.92. The minimum atomic E-state index is -0.336. The molecule has 0 aromatic carbocycles. The van der Waals surface area contributed by atoms with Crippen molar-refractivity contribution in [3.8, 4) is 0 Å². The number of methoxy groups -OCH3 is 1. The van der Waals surface area contributed by atoms with Gasteiger partial charge in [0, 0.05) is 14.0 Å². The quantitative estimate of drug-likeness (QED) is 0.415. The number of cyclic esters (lactones) is 1. The van der Waals surface area contributed by atoms with Crippen LogP contribution < -0.4 is 0 Å². The molecule has 3 atom stereocenters. The van der Waals surface area contributed by atoms with Gasteiger partial charge in [0.05, 0.1) is 6.61 Å². The Kier molecular flexibility index (Phi) is 1.76. The summed E-state index contributed by atoms with van der Waals surface area (Å²) in [6.45, 7) is 1.81. The average molecular weight is 185 g/mol. The van der Waals surface area contributed by atoms with Gasteiger partial charge < -0.3 is 14.4 Å². The number of amides is 1. The van der Waals surface area contributed by atoms with Crippen molar-refractivity contribution in [1.29, 1.82) is 0 Å². The molecule has 2 fully saturated rings. The van der Waals surface area contributed by atoms with Crippen molar-refractivity contribution in [3.05, 3.63) is 0 Å². The lowest BCUT2D eigenvalue weighted by Gasteiger charge is -2.14. The Morgan fingerprint density at radius 1 is 1.69 bits per heavy atom. The van der Waals surface area contributed by atoms with Crippen LogP contribution in [0.1, 0.15) is 6.92 Å². The van der Waals surface area contributed by atoms with Crippen molar-refractivity contribution in [2.45, 2.75) is 25.1 Å².